The van der Waals surface area contributed by atoms with E-state index in [2.05, 4.69) is 25.2 Å². The number of rotatable bonds is 7. The van der Waals surface area contributed by atoms with Crippen molar-refractivity contribution in [3.63, 3.8) is 0 Å². The summed E-state index contributed by atoms with van der Waals surface area (Å²) < 4.78 is 10.6. The molecule has 0 heterocycles. The van der Waals surface area contributed by atoms with Crippen LogP contribution in [0, 0.1) is 0 Å². The molecule has 0 aliphatic carbocycles. The van der Waals surface area contributed by atoms with E-state index in [0.29, 0.717) is 6.04 Å². The predicted octanol–water partition coefficient (Wildman–Crippen LogP) is 3.15. The summed E-state index contributed by atoms with van der Waals surface area (Å²) in [6.07, 6.45) is 2.18. The van der Waals surface area contributed by atoms with E-state index in [1.54, 1.807) is 14.2 Å². The number of nitrogens with one attached hydrogen (secondary N) is 1. The first-order valence-corrected chi connectivity index (χ1v) is 6.22. The molecule has 0 bridgehead atoms. The van der Waals surface area contributed by atoms with E-state index in [-0.39, 0.29) is 0 Å². The van der Waals surface area contributed by atoms with E-state index in [1.807, 2.05) is 12.1 Å². The van der Waals surface area contributed by atoms with Crippen LogP contribution >= 0.6 is 0 Å². The van der Waals surface area contributed by atoms with Gasteiger partial charge in [0.2, 0.25) is 0 Å². The van der Waals surface area contributed by atoms with Crippen LogP contribution in [0.5, 0.6) is 11.5 Å². The second kappa shape index (κ2) is 7.17. The second-order valence-corrected chi connectivity index (χ2v) is 4.02. The zero-order valence-corrected chi connectivity index (χ0v) is 11.2. The summed E-state index contributed by atoms with van der Waals surface area (Å²) in [4.78, 5) is 0. The minimum absolute atomic E-state index is 0.343. The SMILES string of the molecule is CCCN[C@H](CC)c1ccc(OC)cc1OC. The number of hydrogen-bond acceptors (Lipinski definition) is 3. The summed E-state index contributed by atoms with van der Waals surface area (Å²) in [6.45, 7) is 5.37. The third kappa shape index (κ3) is 3.63. The minimum Gasteiger partial charge on any atom is -0.497 e. The first kappa shape index (κ1) is 13.8. The summed E-state index contributed by atoms with van der Waals surface area (Å²) in [7, 11) is 3.37. The van der Waals surface area contributed by atoms with Crippen LogP contribution in [0.15, 0.2) is 18.2 Å². The molecule has 0 aliphatic rings. The molecule has 3 heteroatoms. The maximum Gasteiger partial charge on any atom is 0.127 e. The summed E-state index contributed by atoms with van der Waals surface area (Å²) in [5.41, 5.74) is 1.20. The fourth-order valence-corrected chi connectivity index (χ4v) is 1.90. The van der Waals surface area contributed by atoms with Crippen molar-refractivity contribution in [2.45, 2.75) is 32.7 Å². The third-order valence-corrected chi connectivity index (χ3v) is 2.87. The molecule has 0 fully saturated rings. The van der Waals surface area contributed by atoms with Crippen LogP contribution in [0.4, 0.5) is 0 Å². The highest BCUT2D eigenvalue weighted by molar-refractivity contribution is 5.42. The first-order chi connectivity index (χ1) is 8.26. The van der Waals surface area contributed by atoms with Gasteiger partial charge in [0.15, 0.2) is 0 Å². The van der Waals surface area contributed by atoms with Gasteiger partial charge < -0.3 is 14.8 Å². The number of benzene rings is 1. The molecular weight excluding hydrogens is 214 g/mol. The molecule has 1 rings (SSSR count). The average molecular weight is 237 g/mol. The Hall–Kier alpha value is -1.22. The van der Waals surface area contributed by atoms with Crippen molar-refractivity contribution in [2.75, 3.05) is 20.8 Å². The van der Waals surface area contributed by atoms with Crippen LogP contribution in [0.2, 0.25) is 0 Å². The quantitative estimate of drug-likeness (QED) is 0.790. The van der Waals surface area contributed by atoms with Crippen LogP contribution < -0.4 is 14.8 Å². The molecule has 0 aromatic heterocycles. The minimum atomic E-state index is 0.343. The molecule has 1 atom stereocenters. The lowest BCUT2D eigenvalue weighted by molar-refractivity contribution is 0.383. The molecule has 0 spiro atoms. The van der Waals surface area contributed by atoms with Crippen molar-refractivity contribution in [1.82, 2.24) is 5.32 Å². The standard InChI is InChI=1S/C14H23NO2/c1-5-9-15-13(6-2)12-8-7-11(16-3)10-14(12)17-4/h7-8,10,13,15H,5-6,9H2,1-4H3/t13-/m1/s1. The Kier molecular flexibility index (Phi) is 5.84. The van der Waals surface area contributed by atoms with Gasteiger partial charge in [-0.25, -0.2) is 0 Å². The van der Waals surface area contributed by atoms with Gasteiger partial charge in [0.25, 0.3) is 0 Å². The highest BCUT2D eigenvalue weighted by Gasteiger charge is 2.14. The molecule has 96 valence electrons. The lowest BCUT2D eigenvalue weighted by atomic mass is 10.0. The predicted molar refractivity (Wildman–Crippen MR) is 70.9 cm³/mol. The summed E-state index contributed by atoms with van der Waals surface area (Å²) in [5, 5.41) is 3.53. The molecule has 0 aliphatic heterocycles. The molecule has 0 amide bonds. The van der Waals surface area contributed by atoms with Gasteiger partial charge >= 0.3 is 0 Å². The van der Waals surface area contributed by atoms with Gasteiger partial charge in [0.1, 0.15) is 11.5 Å². The van der Waals surface area contributed by atoms with E-state index < -0.39 is 0 Å². The molecule has 1 N–H and O–H groups in total. The molecule has 17 heavy (non-hydrogen) atoms. The Morgan fingerprint density at radius 3 is 2.47 bits per heavy atom. The molecule has 0 saturated heterocycles. The number of ether oxygens (including phenoxy) is 2. The molecule has 0 radical (unpaired) electrons. The molecule has 1 aromatic carbocycles. The number of hydrogen-bond donors (Lipinski definition) is 1. The molecule has 1 aromatic rings. The smallest absolute Gasteiger partial charge is 0.127 e. The van der Waals surface area contributed by atoms with Crippen molar-refractivity contribution < 1.29 is 9.47 Å². The lowest BCUT2D eigenvalue weighted by Crippen LogP contribution is -2.21. The molecule has 0 unspecified atom stereocenters. The van der Waals surface area contributed by atoms with Crippen LogP contribution in [0.1, 0.15) is 38.3 Å². The van der Waals surface area contributed by atoms with Crippen molar-refractivity contribution in [1.29, 1.82) is 0 Å². The van der Waals surface area contributed by atoms with Crippen molar-refractivity contribution >= 4 is 0 Å². The highest BCUT2D eigenvalue weighted by atomic mass is 16.5. The lowest BCUT2D eigenvalue weighted by Gasteiger charge is -2.20. The van der Waals surface area contributed by atoms with Gasteiger partial charge in [-0.1, -0.05) is 19.9 Å². The molecular formula is C14H23NO2. The van der Waals surface area contributed by atoms with Crippen molar-refractivity contribution in [3.8, 4) is 11.5 Å². The highest BCUT2D eigenvalue weighted by Crippen LogP contribution is 2.30. The number of methoxy groups -OCH3 is 2. The van der Waals surface area contributed by atoms with Crippen LogP contribution in [0.3, 0.4) is 0 Å². The van der Waals surface area contributed by atoms with Gasteiger partial charge in [-0.3, -0.25) is 0 Å². The van der Waals surface area contributed by atoms with Gasteiger partial charge in [-0.05, 0) is 25.5 Å². The normalized spacial score (nSPS) is 12.2. The van der Waals surface area contributed by atoms with E-state index in [0.717, 1.165) is 30.9 Å². The summed E-state index contributed by atoms with van der Waals surface area (Å²) in [6, 6.07) is 6.34. The molecule has 3 nitrogen and oxygen atoms in total. The Bertz CT molecular complexity index is 339. The van der Waals surface area contributed by atoms with E-state index in [4.69, 9.17) is 9.47 Å². The van der Waals surface area contributed by atoms with Gasteiger partial charge in [0, 0.05) is 17.7 Å². The third-order valence-electron chi connectivity index (χ3n) is 2.87. The van der Waals surface area contributed by atoms with Gasteiger partial charge in [0.05, 0.1) is 14.2 Å². The monoisotopic (exact) mass is 237 g/mol. The van der Waals surface area contributed by atoms with Crippen LogP contribution in [0.25, 0.3) is 0 Å². The Balaban J connectivity index is 2.93. The fourth-order valence-electron chi connectivity index (χ4n) is 1.90. The summed E-state index contributed by atoms with van der Waals surface area (Å²) >= 11 is 0. The first-order valence-electron chi connectivity index (χ1n) is 6.22. The van der Waals surface area contributed by atoms with Gasteiger partial charge in [-0.2, -0.15) is 0 Å². The second-order valence-electron chi connectivity index (χ2n) is 4.02. The Morgan fingerprint density at radius 2 is 1.94 bits per heavy atom. The zero-order chi connectivity index (χ0) is 12.7. The van der Waals surface area contributed by atoms with Crippen molar-refractivity contribution in [3.05, 3.63) is 23.8 Å². The molecule has 0 saturated carbocycles. The average Bonchev–Trinajstić information content (AvgIpc) is 2.39. The maximum absolute atomic E-state index is 5.43. The van der Waals surface area contributed by atoms with E-state index >= 15 is 0 Å². The van der Waals surface area contributed by atoms with Crippen molar-refractivity contribution in [2.24, 2.45) is 0 Å². The fraction of sp³-hybridized carbons (Fsp3) is 0.571. The maximum atomic E-state index is 5.43. The Morgan fingerprint density at radius 1 is 1.18 bits per heavy atom. The largest absolute Gasteiger partial charge is 0.497 e. The van der Waals surface area contributed by atoms with E-state index in [1.165, 1.54) is 5.56 Å². The van der Waals surface area contributed by atoms with Gasteiger partial charge in [-0.15, -0.1) is 0 Å². The zero-order valence-electron chi connectivity index (χ0n) is 11.2. The Labute approximate surface area is 104 Å². The summed E-state index contributed by atoms with van der Waals surface area (Å²) in [5.74, 6) is 1.72. The topological polar surface area (TPSA) is 30.5 Å². The van der Waals surface area contributed by atoms with Crippen LogP contribution in [-0.4, -0.2) is 20.8 Å². The van der Waals surface area contributed by atoms with E-state index in [9.17, 15) is 0 Å². The van der Waals surface area contributed by atoms with Crippen LogP contribution in [-0.2, 0) is 0 Å².